The van der Waals surface area contributed by atoms with Crippen LogP contribution >= 0.6 is 0 Å². The van der Waals surface area contributed by atoms with Gasteiger partial charge in [-0.3, -0.25) is 14.6 Å². The molecule has 40 heavy (non-hydrogen) atoms. The van der Waals surface area contributed by atoms with Gasteiger partial charge in [0.15, 0.2) is 23.9 Å². The number of rotatable bonds is 10. The minimum atomic E-state index is -1.04. The maximum atomic E-state index is 13.0. The lowest BCUT2D eigenvalue weighted by molar-refractivity contribution is -0.138. The van der Waals surface area contributed by atoms with Crippen LogP contribution in [0, 0.1) is 5.92 Å². The summed E-state index contributed by atoms with van der Waals surface area (Å²) >= 11 is 0. The van der Waals surface area contributed by atoms with Gasteiger partial charge in [-0.2, -0.15) is 4.80 Å². The van der Waals surface area contributed by atoms with E-state index in [0.29, 0.717) is 56.7 Å². The molecule has 0 unspecified atom stereocenters. The fraction of sp³-hybridized carbons (Fsp3) is 0.500. The number of carboxylic acids is 1. The first kappa shape index (κ1) is 27.1. The van der Waals surface area contributed by atoms with E-state index in [4.69, 9.17) is 14.6 Å². The molecule has 0 saturated carbocycles. The van der Waals surface area contributed by atoms with Crippen LogP contribution in [0.3, 0.4) is 0 Å². The smallest absolute Gasteiger partial charge is 0.327 e. The first-order valence-corrected chi connectivity index (χ1v) is 13.5. The highest BCUT2D eigenvalue weighted by Crippen LogP contribution is 2.30. The van der Waals surface area contributed by atoms with Crippen molar-refractivity contribution in [2.45, 2.75) is 45.3 Å². The Hall–Kier alpha value is -4.49. The average Bonchev–Trinajstić information content (AvgIpc) is 3.42. The van der Waals surface area contributed by atoms with Gasteiger partial charge in [-0.15, -0.1) is 5.10 Å². The van der Waals surface area contributed by atoms with Crippen molar-refractivity contribution in [1.29, 1.82) is 0 Å². The number of anilines is 3. The SMILES string of the molecule is CCOc1ccccc1O[C@@H]1CCCN(c2cncc(NC(=O)C3CCN(c4nnn(CC(=O)O)n4)CC3)n2)C1. The largest absolute Gasteiger partial charge is 0.490 e. The summed E-state index contributed by atoms with van der Waals surface area (Å²) in [5, 5.41) is 23.6. The molecule has 14 heteroatoms. The summed E-state index contributed by atoms with van der Waals surface area (Å²) in [6, 6.07) is 7.69. The maximum Gasteiger partial charge on any atom is 0.327 e. The number of aromatic nitrogens is 6. The van der Waals surface area contributed by atoms with Gasteiger partial charge in [-0.05, 0) is 50.0 Å². The van der Waals surface area contributed by atoms with Crippen LogP contribution in [0.15, 0.2) is 36.7 Å². The standard InChI is InChI=1S/C26H33N9O5/c1-2-39-20-7-3-4-8-21(20)40-19-6-5-11-34(16-19)23-15-27-14-22(28-23)29-25(38)18-9-12-33(13-10-18)26-30-32-35(31-26)17-24(36)37/h3-4,7-8,14-15,18-19H,2,5-6,9-13,16-17H2,1H3,(H,36,37)(H,28,29,38)/t19-/m1/s1. The van der Waals surface area contributed by atoms with Crippen LogP contribution in [-0.4, -0.2) is 86.0 Å². The average molecular weight is 552 g/mol. The highest BCUT2D eigenvalue weighted by molar-refractivity contribution is 5.91. The Morgan fingerprint density at radius 3 is 2.65 bits per heavy atom. The van der Waals surface area contributed by atoms with E-state index in [-0.39, 0.29) is 24.5 Å². The molecule has 2 fully saturated rings. The third-order valence-electron chi connectivity index (χ3n) is 6.89. The lowest BCUT2D eigenvalue weighted by Crippen LogP contribution is -2.42. The predicted octanol–water partition coefficient (Wildman–Crippen LogP) is 1.85. The maximum absolute atomic E-state index is 13.0. The number of carbonyl (C=O) groups excluding carboxylic acids is 1. The Labute approximate surface area is 231 Å². The number of nitrogens with one attached hydrogen (secondary N) is 1. The molecule has 5 rings (SSSR count). The second-order valence-electron chi connectivity index (χ2n) is 9.73. The summed E-state index contributed by atoms with van der Waals surface area (Å²) in [4.78, 5) is 37.9. The molecule has 2 aliphatic rings. The Kier molecular flexibility index (Phi) is 8.52. The van der Waals surface area contributed by atoms with Crippen LogP contribution in [0.1, 0.15) is 32.6 Å². The molecular weight excluding hydrogens is 518 g/mol. The zero-order valence-electron chi connectivity index (χ0n) is 22.3. The quantitative estimate of drug-likeness (QED) is 0.377. The van der Waals surface area contributed by atoms with Crippen LogP contribution in [-0.2, 0) is 16.1 Å². The van der Waals surface area contributed by atoms with Gasteiger partial charge in [-0.25, -0.2) is 4.98 Å². The summed E-state index contributed by atoms with van der Waals surface area (Å²) < 4.78 is 12.0. The van der Waals surface area contributed by atoms with Crippen molar-refractivity contribution >= 4 is 29.5 Å². The molecule has 0 bridgehead atoms. The molecule has 2 aromatic heterocycles. The molecule has 3 aromatic rings. The van der Waals surface area contributed by atoms with Gasteiger partial charge in [0.2, 0.25) is 5.91 Å². The number of nitrogens with zero attached hydrogens (tertiary/aromatic N) is 8. The molecular formula is C26H33N9O5. The summed E-state index contributed by atoms with van der Waals surface area (Å²) in [5.41, 5.74) is 0. The molecule has 212 valence electrons. The number of ether oxygens (including phenoxy) is 2. The highest BCUT2D eigenvalue weighted by Gasteiger charge is 2.28. The monoisotopic (exact) mass is 551 g/mol. The van der Waals surface area contributed by atoms with Crippen molar-refractivity contribution in [2.75, 3.05) is 47.9 Å². The van der Waals surface area contributed by atoms with Gasteiger partial charge >= 0.3 is 5.97 Å². The molecule has 4 heterocycles. The van der Waals surface area contributed by atoms with Crippen molar-refractivity contribution in [1.82, 2.24) is 30.2 Å². The summed E-state index contributed by atoms with van der Waals surface area (Å²) in [6.07, 6.45) is 6.29. The lowest BCUT2D eigenvalue weighted by atomic mass is 9.96. The van der Waals surface area contributed by atoms with Gasteiger partial charge in [0.05, 0.1) is 25.5 Å². The number of para-hydroxylation sites is 2. The second kappa shape index (κ2) is 12.6. The van der Waals surface area contributed by atoms with Crippen LogP contribution in [0.25, 0.3) is 0 Å². The number of carboxylic acid groups (broad SMARTS) is 1. The van der Waals surface area contributed by atoms with Crippen LogP contribution in [0.2, 0.25) is 0 Å². The van der Waals surface area contributed by atoms with Crippen molar-refractivity contribution in [3.8, 4) is 11.5 Å². The molecule has 2 saturated heterocycles. The van der Waals surface area contributed by atoms with Gasteiger partial charge < -0.3 is 29.7 Å². The molecule has 2 aliphatic heterocycles. The Morgan fingerprint density at radius 2 is 1.88 bits per heavy atom. The normalized spacial score (nSPS) is 17.9. The number of tetrazole rings is 1. The highest BCUT2D eigenvalue weighted by atomic mass is 16.5. The van der Waals surface area contributed by atoms with Crippen molar-refractivity contribution < 1.29 is 24.2 Å². The Morgan fingerprint density at radius 1 is 1.07 bits per heavy atom. The molecule has 0 aliphatic carbocycles. The fourth-order valence-electron chi connectivity index (χ4n) is 4.93. The van der Waals surface area contributed by atoms with Crippen LogP contribution in [0.4, 0.5) is 17.6 Å². The van der Waals surface area contributed by atoms with Gasteiger partial charge in [-0.1, -0.05) is 17.2 Å². The minimum Gasteiger partial charge on any atom is -0.490 e. The second-order valence-corrected chi connectivity index (χ2v) is 9.73. The van der Waals surface area contributed by atoms with E-state index in [1.54, 1.807) is 12.4 Å². The van der Waals surface area contributed by atoms with Gasteiger partial charge in [0, 0.05) is 25.6 Å². The minimum absolute atomic E-state index is 0.0270. The number of carbonyl (C=O) groups is 2. The van der Waals surface area contributed by atoms with Crippen molar-refractivity contribution in [3.05, 3.63) is 36.7 Å². The first-order valence-electron chi connectivity index (χ1n) is 13.5. The topological polar surface area (TPSA) is 161 Å². The Bertz CT molecular complexity index is 1310. The van der Waals surface area contributed by atoms with E-state index in [1.807, 2.05) is 36.1 Å². The zero-order chi connectivity index (χ0) is 27.9. The zero-order valence-corrected chi connectivity index (χ0v) is 22.3. The van der Waals surface area contributed by atoms with Gasteiger partial charge in [0.25, 0.3) is 5.95 Å². The van der Waals surface area contributed by atoms with Crippen molar-refractivity contribution in [2.24, 2.45) is 5.92 Å². The Balaban J connectivity index is 1.14. The predicted molar refractivity (Wildman–Crippen MR) is 145 cm³/mol. The summed E-state index contributed by atoms with van der Waals surface area (Å²) in [6.45, 7) is 4.76. The molecule has 1 amide bonds. The van der Waals surface area contributed by atoms with Crippen LogP contribution in [0.5, 0.6) is 11.5 Å². The lowest BCUT2D eigenvalue weighted by Gasteiger charge is -2.34. The molecule has 0 spiro atoms. The third-order valence-corrected chi connectivity index (χ3v) is 6.89. The van der Waals surface area contributed by atoms with E-state index in [2.05, 4.69) is 35.6 Å². The van der Waals surface area contributed by atoms with Crippen LogP contribution < -0.4 is 24.6 Å². The number of piperidine rings is 2. The summed E-state index contributed by atoms with van der Waals surface area (Å²) in [7, 11) is 0. The number of benzene rings is 1. The van der Waals surface area contributed by atoms with E-state index in [0.717, 1.165) is 35.7 Å². The van der Waals surface area contributed by atoms with E-state index < -0.39 is 5.97 Å². The number of aliphatic carboxylic acids is 1. The molecule has 2 N–H and O–H groups in total. The number of amides is 1. The summed E-state index contributed by atoms with van der Waals surface area (Å²) in [5.74, 6) is 1.58. The molecule has 14 nitrogen and oxygen atoms in total. The number of hydrogen-bond acceptors (Lipinski definition) is 11. The van der Waals surface area contributed by atoms with Crippen molar-refractivity contribution in [3.63, 3.8) is 0 Å². The molecule has 1 atom stereocenters. The fourth-order valence-corrected chi connectivity index (χ4v) is 4.93. The molecule has 1 aromatic carbocycles. The van der Waals surface area contributed by atoms with E-state index in [1.165, 1.54) is 0 Å². The third kappa shape index (κ3) is 6.74. The number of hydrogen-bond donors (Lipinski definition) is 2. The molecule has 0 radical (unpaired) electrons. The first-order chi connectivity index (χ1) is 19.5. The van der Waals surface area contributed by atoms with E-state index >= 15 is 0 Å². The van der Waals surface area contributed by atoms with Gasteiger partial charge in [0.1, 0.15) is 11.9 Å². The van der Waals surface area contributed by atoms with E-state index in [9.17, 15) is 9.59 Å².